The van der Waals surface area contributed by atoms with E-state index in [1.165, 1.54) is 18.4 Å². The molecule has 0 bridgehead atoms. The molecule has 1 aliphatic carbocycles. The Morgan fingerprint density at radius 1 is 1.07 bits per heavy atom. The summed E-state index contributed by atoms with van der Waals surface area (Å²) < 4.78 is 0. The first-order valence-electron chi connectivity index (χ1n) is 5.61. The van der Waals surface area contributed by atoms with Gasteiger partial charge in [-0.15, -0.1) is 0 Å². The van der Waals surface area contributed by atoms with Gasteiger partial charge in [-0.2, -0.15) is 0 Å². The SMILES string of the molecule is CCC(CC)=C1C=CC([Si](C)(C)C)=C1. The lowest BCUT2D eigenvalue weighted by atomic mass is 10.0. The van der Waals surface area contributed by atoms with Crippen LogP contribution < -0.4 is 0 Å². The predicted molar refractivity (Wildman–Crippen MR) is 68.2 cm³/mol. The van der Waals surface area contributed by atoms with E-state index in [9.17, 15) is 0 Å². The first-order chi connectivity index (χ1) is 6.49. The van der Waals surface area contributed by atoms with Crippen molar-refractivity contribution < 1.29 is 0 Å². The van der Waals surface area contributed by atoms with Crippen molar-refractivity contribution in [2.75, 3.05) is 0 Å². The molecule has 0 aromatic heterocycles. The molecule has 0 radical (unpaired) electrons. The van der Waals surface area contributed by atoms with Gasteiger partial charge in [0.15, 0.2) is 0 Å². The maximum Gasteiger partial charge on any atom is 0.0776 e. The van der Waals surface area contributed by atoms with Crippen LogP contribution in [-0.2, 0) is 0 Å². The third kappa shape index (κ3) is 2.47. The van der Waals surface area contributed by atoms with Gasteiger partial charge in [-0.05, 0) is 18.4 Å². The highest BCUT2D eigenvalue weighted by Crippen LogP contribution is 2.27. The van der Waals surface area contributed by atoms with E-state index in [0.717, 1.165) is 0 Å². The Bertz CT molecular complexity index is 292. The molecule has 0 aromatic carbocycles. The van der Waals surface area contributed by atoms with Crippen LogP contribution in [0.3, 0.4) is 0 Å². The lowest BCUT2D eigenvalue weighted by molar-refractivity contribution is 0.967. The van der Waals surface area contributed by atoms with Crippen LogP contribution in [0.5, 0.6) is 0 Å². The molecule has 0 aliphatic heterocycles. The van der Waals surface area contributed by atoms with Crippen molar-refractivity contribution in [3.63, 3.8) is 0 Å². The van der Waals surface area contributed by atoms with Crippen LogP contribution in [0.15, 0.2) is 34.6 Å². The Kier molecular flexibility index (Phi) is 3.54. The fraction of sp³-hybridized carbons (Fsp3) is 0.538. The van der Waals surface area contributed by atoms with E-state index in [1.54, 1.807) is 10.8 Å². The molecule has 0 amide bonds. The lowest BCUT2D eigenvalue weighted by Gasteiger charge is -2.15. The summed E-state index contributed by atoms with van der Waals surface area (Å²) in [6.45, 7) is 11.7. The van der Waals surface area contributed by atoms with Gasteiger partial charge in [0.2, 0.25) is 0 Å². The summed E-state index contributed by atoms with van der Waals surface area (Å²) in [4.78, 5) is 0. The molecule has 0 spiro atoms. The minimum atomic E-state index is -1.10. The zero-order valence-corrected chi connectivity index (χ0v) is 11.1. The van der Waals surface area contributed by atoms with Crippen LogP contribution in [0.25, 0.3) is 0 Å². The summed E-state index contributed by atoms with van der Waals surface area (Å²) in [5.74, 6) is 0. The van der Waals surface area contributed by atoms with Crippen LogP contribution >= 0.6 is 0 Å². The standard InChI is InChI=1S/C13H22Si/c1-6-11(7-2)12-8-9-13(10-12)14(3,4)5/h8-10H,6-7H2,1-5H3. The largest absolute Gasteiger partial charge is 0.0776 e. The summed E-state index contributed by atoms with van der Waals surface area (Å²) in [6, 6.07) is 0. The molecule has 0 fully saturated rings. The van der Waals surface area contributed by atoms with E-state index in [2.05, 4.69) is 51.7 Å². The zero-order chi connectivity index (χ0) is 10.8. The molecule has 1 aliphatic rings. The van der Waals surface area contributed by atoms with Crippen molar-refractivity contribution in [2.24, 2.45) is 0 Å². The summed E-state index contributed by atoms with van der Waals surface area (Å²) in [5.41, 5.74) is 3.07. The molecule has 0 saturated carbocycles. The fourth-order valence-electron chi connectivity index (χ4n) is 1.79. The summed E-state index contributed by atoms with van der Waals surface area (Å²) in [6.07, 6.45) is 9.41. The average molecular weight is 206 g/mol. The van der Waals surface area contributed by atoms with Gasteiger partial charge in [0.25, 0.3) is 0 Å². The molecule has 0 saturated heterocycles. The average Bonchev–Trinajstić information content (AvgIpc) is 2.54. The molecular weight excluding hydrogens is 184 g/mol. The van der Waals surface area contributed by atoms with Gasteiger partial charge >= 0.3 is 0 Å². The molecule has 0 N–H and O–H groups in total. The molecule has 0 aromatic rings. The number of hydrogen-bond acceptors (Lipinski definition) is 0. The van der Waals surface area contributed by atoms with Crippen LogP contribution in [0.4, 0.5) is 0 Å². The summed E-state index contributed by atoms with van der Waals surface area (Å²) in [7, 11) is -1.10. The molecule has 0 heterocycles. The first kappa shape index (κ1) is 11.5. The maximum absolute atomic E-state index is 2.41. The van der Waals surface area contributed by atoms with E-state index in [1.807, 2.05) is 0 Å². The third-order valence-corrected chi connectivity index (χ3v) is 4.92. The number of hydrogen-bond donors (Lipinski definition) is 0. The van der Waals surface area contributed by atoms with Crippen molar-refractivity contribution >= 4 is 8.07 Å². The van der Waals surface area contributed by atoms with Crippen LogP contribution in [0.2, 0.25) is 19.6 Å². The number of allylic oxidation sites excluding steroid dienone is 6. The van der Waals surface area contributed by atoms with Gasteiger partial charge in [0, 0.05) is 0 Å². The Morgan fingerprint density at radius 2 is 1.64 bits per heavy atom. The molecule has 1 heteroatoms. The van der Waals surface area contributed by atoms with Crippen LogP contribution in [0, 0.1) is 0 Å². The first-order valence-corrected chi connectivity index (χ1v) is 9.11. The van der Waals surface area contributed by atoms with Crippen LogP contribution in [0.1, 0.15) is 26.7 Å². The fourth-order valence-corrected chi connectivity index (χ4v) is 2.96. The van der Waals surface area contributed by atoms with Gasteiger partial charge in [0.05, 0.1) is 8.07 Å². The minimum Gasteiger partial charge on any atom is -0.0656 e. The molecule has 0 nitrogen and oxygen atoms in total. The van der Waals surface area contributed by atoms with Gasteiger partial charge in [-0.3, -0.25) is 0 Å². The van der Waals surface area contributed by atoms with E-state index < -0.39 is 8.07 Å². The predicted octanol–water partition coefficient (Wildman–Crippen LogP) is 4.48. The van der Waals surface area contributed by atoms with E-state index >= 15 is 0 Å². The van der Waals surface area contributed by atoms with Gasteiger partial charge < -0.3 is 0 Å². The van der Waals surface area contributed by atoms with Crippen LogP contribution in [-0.4, -0.2) is 8.07 Å². The Balaban J connectivity index is 2.98. The summed E-state index contributed by atoms with van der Waals surface area (Å²) in [5, 5.41) is 1.59. The second kappa shape index (κ2) is 4.31. The van der Waals surface area contributed by atoms with Gasteiger partial charge in [-0.25, -0.2) is 0 Å². The smallest absolute Gasteiger partial charge is 0.0656 e. The van der Waals surface area contributed by atoms with Crippen molar-refractivity contribution in [2.45, 2.75) is 46.3 Å². The second-order valence-corrected chi connectivity index (χ2v) is 10.0. The molecule has 14 heavy (non-hydrogen) atoms. The Labute approximate surface area is 89.4 Å². The summed E-state index contributed by atoms with van der Waals surface area (Å²) >= 11 is 0. The van der Waals surface area contributed by atoms with Gasteiger partial charge in [0.1, 0.15) is 0 Å². The quantitative estimate of drug-likeness (QED) is 0.597. The molecule has 0 unspecified atom stereocenters. The number of rotatable bonds is 3. The Hall–Kier alpha value is -0.563. The highest BCUT2D eigenvalue weighted by atomic mass is 28.3. The van der Waals surface area contributed by atoms with E-state index in [4.69, 9.17) is 0 Å². The monoisotopic (exact) mass is 206 g/mol. The molecule has 78 valence electrons. The highest BCUT2D eigenvalue weighted by Gasteiger charge is 2.20. The third-order valence-electron chi connectivity index (χ3n) is 2.88. The van der Waals surface area contributed by atoms with Crippen molar-refractivity contribution in [1.29, 1.82) is 0 Å². The van der Waals surface area contributed by atoms with Crippen molar-refractivity contribution in [3.05, 3.63) is 34.6 Å². The minimum absolute atomic E-state index is 1.10. The topological polar surface area (TPSA) is 0 Å². The van der Waals surface area contributed by atoms with Crippen molar-refractivity contribution in [3.8, 4) is 0 Å². The zero-order valence-electron chi connectivity index (χ0n) is 10.1. The van der Waals surface area contributed by atoms with Gasteiger partial charge in [-0.1, -0.05) is 62.5 Å². The Morgan fingerprint density at radius 3 is 2.00 bits per heavy atom. The molecule has 0 atom stereocenters. The van der Waals surface area contributed by atoms with E-state index in [0.29, 0.717) is 0 Å². The maximum atomic E-state index is 2.41. The van der Waals surface area contributed by atoms with E-state index in [-0.39, 0.29) is 0 Å². The second-order valence-electron chi connectivity index (χ2n) is 4.95. The molecular formula is C13H22Si. The molecule has 1 rings (SSSR count). The van der Waals surface area contributed by atoms with Crippen molar-refractivity contribution in [1.82, 2.24) is 0 Å². The normalized spacial score (nSPS) is 16.1. The highest BCUT2D eigenvalue weighted by molar-refractivity contribution is 6.83. The lowest BCUT2D eigenvalue weighted by Crippen LogP contribution is -2.21.